The number of aromatic nitrogens is 2. The molecule has 1 aromatic heterocycles. The molecule has 5 nitrogen and oxygen atoms in total. The molecule has 1 aromatic rings. The van der Waals surface area contributed by atoms with Crippen LogP contribution < -0.4 is 9.64 Å². The Kier molecular flexibility index (Phi) is 6.75. The molecule has 0 aromatic carbocycles. The van der Waals surface area contributed by atoms with Gasteiger partial charge in [-0.05, 0) is 13.8 Å². The first kappa shape index (κ1) is 15.0. The van der Waals surface area contributed by atoms with Crippen LogP contribution in [-0.4, -0.2) is 48.8 Å². The van der Waals surface area contributed by atoms with Crippen molar-refractivity contribution in [2.24, 2.45) is 0 Å². The van der Waals surface area contributed by atoms with Crippen LogP contribution in [0.4, 0.5) is 5.82 Å². The summed E-state index contributed by atoms with van der Waals surface area (Å²) in [5, 5.41) is 0. The number of anilines is 1. The minimum Gasteiger partial charge on any atom is -0.475 e. The zero-order valence-corrected chi connectivity index (χ0v) is 11.9. The molecule has 0 unspecified atom stereocenters. The topological polar surface area (TPSA) is 47.5 Å². The van der Waals surface area contributed by atoms with Crippen LogP contribution in [0.25, 0.3) is 0 Å². The van der Waals surface area contributed by atoms with Crippen molar-refractivity contribution < 1.29 is 9.47 Å². The first-order chi connectivity index (χ1) is 8.63. The third-order valence-electron chi connectivity index (χ3n) is 2.17. The van der Waals surface area contributed by atoms with Gasteiger partial charge in [0.15, 0.2) is 0 Å². The van der Waals surface area contributed by atoms with E-state index in [1.54, 1.807) is 0 Å². The van der Waals surface area contributed by atoms with Gasteiger partial charge in [-0.3, -0.25) is 0 Å². The Balaban J connectivity index is 2.48. The van der Waals surface area contributed by atoms with Crippen LogP contribution in [0.15, 0.2) is 12.4 Å². The van der Waals surface area contributed by atoms with Crippen LogP contribution in [0.1, 0.15) is 13.8 Å². The minimum absolute atomic E-state index is 0.102. The second-order valence-electron chi connectivity index (χ2n) is 4.10. The van der Waals surface area contributed by atoms with Gasteiger partial charge in [0.25, 0.3) is 0 Å². The first-order valence-electron chi connectivity index (χ1n) is 5.97. The maximum atomic E-state index is 5.53. The number of ether oxygens (including phenoxy) is 2. The highest BCUT2D eigenvalue weighted by molar-refractivity contribution is 6.17. The predicted molar refractivity (Wildman–Crippen MR) is 72.6 cm³/mol. The zero-order chi connectivity index (χ0) is 13.4. The van der Waals surface area contributed by atoms with Gasteiger partial charge in [-0.2, -0.15) is 0 Å². The van der Waals surface area contributed by atoms with Gasteiger partial charge in [0, 0.05) is 25.5 Å². The van der Waals surface area contributed by atoms with Crippen molar-refractivity contribution in [3.8, 4) is 5.88 Å². The van der Waals surface area contributed by atoms with E-state index in [9.17, 15) is 0 Å². The molecular weight excluding hydrogens is 254 g/mol. The molecule has 0 aliphatic rings. The number of hydrogen-bond donors (Lipinski definition) is 0. The van der Waals surface area contributed by atoms with Gasteiger partial charge >= 0.3 is 0 Å². The first-order valence-corrected chi connectivity index (χ1v) is 6.50. The van der Waals surface area contributed by atoms with Gasteiger partial charge in [-0.15, -0.1) is 11.6 Å². The van der Waals surface area contributed by atoms with E-state index in [4.69, 9.17) is 21.1 Å². The van der Waals surface area contributed by atoms with Crippen molar-refractivity contribution in [1.29, 1.82) is 0 Å². The summed E-state index contributed by atoms with van der Waals surface area (Å²) in [4.78, 5) is 10.3. The highest BCUT2D eigenvalue weighted by Crippen LogP contribution is 2.15. The van der Waals surface area contributed by atoms with Crippen molar-refractivity contribution in [2.45, 2.75) is 20.0 Å². The molecule has 18 heavy (non-hydrogen) atoms. The lowest BCUT2D eigenvalue weighted by atomic mass is 10.4. The summed E-state index contributed by atoms with van der Waals surface area (Å²) in [5.74, 6) is 1.92. The number of nitrogens with zero attached hydrogens (tertiary/aromatic N) is 3. The Hall–Kier alpha value is -1.07. The monoisotopic (exact) mass is 273 g/mol. The smallest absolute Gasteiger partial charge is 0.218 e. The SMILES string of the molecule is CC(C)Oc1cc(N(C)CCOCCCl)ncn1. The predicted octanol–water partition coefficient (Wildman–Crippen LogP) is 1.96. The third-order valence-corrected chi connectivity index (χ3v) is 2.32. The van der Waals surface area contributed by atoms with E-state index in [1.807, 2.05) is 31.9 Å². The standard InChI is InChI=1S/C12H20ClN3O2/c1-10(2)18-12-8-11(14-9-15-12)16(3)5-7-17-6-4-13/h8-10H,4-7H2,1-3H3. The average Bonchev–Trinajstić information content (AvgIpc) is 2.34. The summed E-state index contributed by atoms with van der Waals surface area (Å²) in [6.07, 6.45) is 1.61. The van der Waals surface area contributed by atoms with Gasteiger partial charge in [-0.25, -0.2) is 9.97 Å². The highest BCUT2D eigenvalue weighted by atomic mass is 35.5. The second-order valence-corrected chi connectivity index (χ2v) is 4.48. The molecular formula is C12H20ClN3O2. The lowest BCUT2D eigenvalue weighted by molar-refractivity contribution is 0.156. The average molecular weight is 274 g/mol. The van der Waals surface area contributed by atoms with E-state index in [-0.39, 0.29) is 6.10 Å². The third kappa shape index (κ3) is 5.51. The van der Waals surface area contributed by atoms with E-state index in [0.717, 1.165) is 12.4 Å². The van der Waals surface area contributed by atoms with Crippen LogP contribution in [0.5, 0.6) is 5.88 Å². The molecule has 0 N–H and O–H groups in total. The van der Waals surface area contributed by atoms with Gasteiger partial charge in [0.05, 0.1) is 19.3 Å². The highest BCUT2D eigenvalue weighted by Gasteiger charge is 2.06. The van der Waals surface area contributed by atoms with Gasteiger partial charge in [0.2, 0.25) is 5.88 Å². The minimum atomic E-state index is 0.102. The summed E-state index contributed by atoms with van der Waals surface area (Å²) in [6.45, 7) is 5.86. The molecule has 0 fully saturated rings. The normalized spacial score (nSPS) is 10.7. The van der Waals surface area contributed by atoms with Crippen molar-refractivity contribution in [1.82, 2.24) is 9.97 Å². The summed E-state index contributed by atoms with van der Waals surface area (Å²) in [7, 11) is 1.95. The summed E-state index contributed by atoms with van der Waals surface area (Å²) < 4.78 is 10.8. The molecule has 1 rings (SSSR count). The Morgan fingerprint density at radius 1 is 1.33 bits per heavy atom. The van der Waals surface area contributed by atoms with Crippen LogP contribution in [0.2, 0.25) is 0 Å². The van der Waals surface area contributed by atoms with E-state index < -0.39 is 0 Å². The van der Waals surface area contributed by atoms with Crippen LogP contribution in [0.3, 0.4) is 0 Å². The van der Waals surface area contributed by atoms with Crippen molar-refractivity contribution in [2.75, 3.05) is 37.6 Å². The summed E-state index contributed by atoms with van der Waals surface area (Å²) in [6, 6.07) is 1.82. The molecule has 0 amide bonds. The number of rotatable bonds is 8. The number of hydrogen-bond acceptors (Lipinski definition) is 5. The molecule has 0 saturated carbocycles. The van der Waals surface area contributed by atoms with Crippen LogP contribution in [-0.2, 0) is 4.74 Å². The van der Waals surface area contributed by atoms with Gasteiger partial charge in [0.1, 0.15) is 12.1 Å². The van der Waals surface area contributed by atoms with E-state index >= 15 is 0 Å². The molecule has 0 aliphatic heterocycles. The van der Waals surface area contributed by atoms with Crippen molar-refractivity contribution >= 4 is 17.4 Å². The molecule has 1 heterocycles. The lowest BCUT2D eigenvalue weighted by Crippen LogP contribution is -2.24. The van der Waals surface area contributed by atoms with Crippen LogP contribution in [0, 0.1) is 0 Å². The fourth-order valence-corrected chi connectivity index (χ4v) is 1.43. The molecule has 0 bridgehead atoms. The molecule has 0 atom stereocenters. The fourth-order valence-electron chi connectivity index (χ4n) is 1.32. The van der Waals surface area contributed by atoms with E-state index in [2.05, 4.69) is 9.97 Å². The number of alkyl halides is 1. The van der Waals surface area contributed by atoms with Crippen LogP contribution >= 0.6 is 11.6 Å². The summed E-state index contributed by atoms with van der Waals surface area (Å²) >= 11 is 5.53. The number of halogens is 1. The number of likely N-dealkylation sites (N-methyl/N-ethyl adjacent to an activating group) is 1. The maximum Gasteiger partial charge on any atom is 0.218 e. The molecule has 0 spiro atoms. The Bertz CT molecular complexity index is 350. The van der Waals surface area contributed by atoms with Gasteiger partial charge < -0.3 is 14.4 Å². The quantitative estimate of drug-likeness (QED) is 0.535. The second kappa shape index (κ2) is 8.11. The Morgan fingerprint density at radius 2 is 2.11 bits per heavy atom. The Morgan fingerprint density at radius 3 is 2.78 bits per heavy atom. The van der Waals surface area contributed by atoms with E-state index in [1.165, 1.54) is 6.33 Å². The fraction of sp³-hybridized carbons (Fsp3) is 0.667. The molecule has 0 radical (unpaired) electrons. The maximum absolute atomic E-state index is 5.53. The van der Waals surface area contributed by atoms with Crippen molar-refractivity contribution in [3.63, 3.8) is 0 Å². The molecule has 0 saturated heterocycles. The lowest BCUT2D eigenvalue weighted by Gasteiger charge is -2.18. The molecule has 102 valence electrons. The van der Waals surface area contributed by atoms with E-state index in [0.29, 0.717) is 25.0 Å². The van der Waals surface area contributed by atoms with Gasteiger partial charge in [-0.1, -0.05) is 0 Å². The summed E-state index contributed by atoms with van der Waals surface area (Å²) in [5.41, 5.74) is 0. The largest absolute Gasteiger partial charge is 0.475 e. The van der Waals surface area contributed by atoms with Crippen molar-refractivity contribution in [3.05, 3.63) is 12.4 Å². The zero-order valence-electron chi connectivity index (χ0n) is 11.1. The molecule has 0 aliphatic carbocycles. The Labute approximate surface area is 113 Å². The molecule has 6 heteroatoms.